The summed E-state index contributed by atoms with van der Waals surface area (Å²) < 4.78 is 0. The van der Waals surface area contributed by atoms with Gasteiger partial charge in [0, 0.05) is 4.88 Å². The maximum Gasteiger partial charge on any atom is 0.0900 e. The Labute approximate surface area is 119 Å². The SMILES string of the molecule is CNC(c1cc(C)c(C)cc1C)c1sc(C)nc1C. The summed E-state index contributed by atoms with van der Waals surface area (Å²) in [5.41, 5.74) is 6.54. The van der Waals surface area contributed by atoms with E-state index in [4.69, 9.17) is 0 Å². The highest BCUT2D eigenvalue weighted by molar-refractivity contribution is 7.11. The molecule has 0 saturated heterocycles. The van der Waals surface area contributed by atoms with E-state index in [1.54, 1.807) is 11.3 Å². The lowest BCUT2D eigenvalue weighted by atomic mass is 9.94. The van der Waals surface area contributed by atoms with Gasteiger partial charge in [-0.25, -0.2) is 4.98 Å². The molecule has 0 spiro atoms. The molecule has 1 aromatic carbocycles. The molecule has 1 atom stereocenters. The molecule has 0 radical (unpaired) electrons. The van der Waals surface area contributed by atoms with Crippen LogP contribution in [0.5, 0.6) is 0 Å². The molecule has 0 aliphatic heterocycles. The number of rotatable bonds is 3. The molecule has 2 aromatic rings. The molecular formula is C16H22N2S. The van der Waals surface area contributed by atoms with Gasteiger partial charge in [-0.3, -0.25) is 0 Å². The Hall–Kier alpha value is -1.19. The highest BCUT2D eigenvalue weighted by Gasteiger charge is 2.20. The quantitative estimate of drug-likeness (QED) is 0.915. The zero-order chi connectivity index (χ0) is 14.2. The van der Waals surface area contributed by atoms with Crippen molar-refractivity contribution in [3.05, 3.63) is 50.0 Å². The van der Waals surface area contributed by atoms with Crippen LogP contribution >= 0.6 is 11.3 Å². The van der Waals surface area contributed by atoms with Crippen molar-refractivity contribution >= 4 is 11.3 Å². The van der Waals surface area contributed by atoms with Gasteiger partial charge in [-0.15, -0.1) is 11.3 Å². The zero-order valence-corrected chi connectivity index (χ0v) is 13.4. The predicted molar refractivity (Wildman–Crippen MR) is 83.1 cm³/mol. The summed E-state index contributed by atoms with van der Waals surface area (Å²) in [6.07, 6.45) is 0. The molecular weight excluding hydrogens is 252 g/mol. The van der Waals surface area contributed by atoms with E-state index in [2.05, 4.69) is 57.1 Å². The molecule has 3 heteroatoms. The summed E-state index contributed by atoms with van der Waals surface area (Å²) in [7, 11) is 2.02. The highest BCUT2D eigenvalue weighted by Crippen LogP contribution is 2.32. The third kappa shape index (κ3) is 2.72. The fourth-order valence-corrected chi connectivity index (χ4v) is 3.59. The molecule has 19 heavy (non-hydrogen) atoms. The number of hydrogen-bond donors (Lipinski definition) is 1. The number of thiazole rings is 1. The van der Waals surface area contributed by atoms with Crippen LogP contribution in [0.1, 0.15) is 43.9 Å². The van der Waals surface area contributed by atoms with Crippen LogP contribution in [0.25, 0.3) is 0 Å². The molecule has 0 bridgehead atoms. The monoisotopic (exact) mass is 274 g/mol. The zero-order valence-electron chi connectivity index (χ0n) is 12.6. The topological polar surface area (TPSA) is 24.9 Å². The molecule has 0 aliphatic carbocycles. The van der Waals surface area contributed by atoms with Crippen molar-refractivity contribution < 1.29 is 0 Å². The molecule has 0 fully saturated rings. The summed E-state index contributed by atoms with van der Waals surface area (Å²) in [6, 6.07) is 4.82. The Morgan fingerprint density at radius 2 is 1.63 bits per heavy atom. The van der Waals surface area contributed by atoms with Crippen LogP contribution in [0.4, 0.5) is 0 Å². The van der Waals surface area contributed by atoms with Gasteiger partial charge in [0.1, 0.15) is 0 Å². The summed E-state index contributed by atoms with van der Waals surface area (Å²) in [4.78, 5) is 5.88. The van der Waals surface area contributed by atoms with E-state index in [-0.39, 0.29) is 6.04 Å². The van der Waals surface area contributed by atoms with Crippen molar-refractivity contribution in [2.45, 2.75) is 40.7 Å². The van der Waals surface area contributed by atoms with Gasteiger partial charge in [-0.2, -0.15) is 0 Å². The van der Waals surface area contributed by atoms with E-state index in [0.29, 0.717) is 0 Å². The largest absolute Gasteiger partial charge is 0.309 e. The van der Waals surface area contributed by atoms with E-state index in [1.807, 2.05) is 7.05 Å². The van der Waals surface area contributed by atoms with Crippen LogP contribution in [-0.2, 0) is 0 Å². The highest BCUT2D eigenvalue weighted by atomic mass is 32.1. The minimum absolute atomic E-state index is 0.241. The van der Waals surface area contributed by atoms with Gasteiger partial charge in [0.05, 0.1) is 16.7 Å². The summed E-state index contributed by atoms with van der Waals surface area (Å²) in [6.45, 7) is 10.7. The van der Waals surface area contributed by atoms with Crippen LogP contribution in [0, 0.1) is 34.6 Å². The molecule has 1 N–H and O–H groups in total. The maximum atomic E-state index is 4.55. The van der Waals surface area contributed by atoms with Crippen molar-refractivity contribution in [1.82, 2.24) is 10.3 Å². The average Bonchev–Trinajstić information content (AvgIpc) is 2.66. The maximum absolute atomic E-state index is 4.55. The smallest absolute Gasteiger partial charge is 0.0900 e. The van der Waals surface area contributed by atoms with Gasteiger partial charge in [-0.1, -0.05) is 12.1 Å². The first-order chi connectivity index (χ1) is 8.93. The Morgan fingerprint density at radius 3 is 2.16 bits per heavy atom. The van der Waals surface area contributed by atoms with E-state index in [1.165, 1.54) is 27.1 Å². The first-order valence-electron chi connectivity index (χ1n) is 6.63. The number of aryl methyl sites for hydroxylation is 5. The number of aromatic nitrogens is 1. The van der Waals surface area contributed by atoms with E-state index in [0.717, 1.165) is 10.7 Å². The van der Waals surface area contributed by atoms with Crippen LogP contribution < -0.4 is 5.32 Å². The van der Waals surface area contributed by atoms with Crippen LogP contribution in [-0.4, -0.2) is 12.0 Å². The first-order valence-corrected chi connectivity index (χ1v) is 7.44. The van der Waals surface area contributed by atoms with Gasteiger partial charge in [0.15, 0.2) is 0 Å². The minimum Gasteiger partial charge on any atom is -0.309 e. The summed E-state index contributed by atoms with van der Waals surface area (Å²) in [5.74, 6) is 0. The Balaban J connectivity index is 2.54. The molecule has 0 saturated carbocycles. The number of hydrogen-bond acceptors (Lipinski definition) is 3. The Bertz CT molecular complexity index is 599. The number of benzene rings is 1. The van der Waals surface area contributed by atoms with Crippen LogP contribution in [0.2, 0.25) is 0 Å². The third-order valence-electron chi connectivity index (χ3n) is 3.68. The lowest BCUT2D eigenvalue weighted by Crippen LogP contribution is -2.18. The third-order valence-corrected chi connectivity index (χ3v) is 4.82. The van der Waals surface area contributed by atoms with Gasteiger partial charge in [-0.05, 0) is 63.9 Å². The normalized spacial score (nSPS) is 12.7. The second-order valence-electron chi connectivity index (χ2n) is 5.20. The van der Waals surface area contributed by atoms with Crippen LogP contribution in [0.3, 0.4) is 0 Å². The van der Waals surface area contributed by atoms with Gasteiger partial charge >= 0.3 is 0 Å². The van der Waals surface area contributed by atoms with Crippen LogP contribution in [0.15, 0.2) is 12.1 Å². The predicted octanol–water partition coefficient (Wildman–Crippen LogP) is 3.99. The Morgan fingerprint density at radius 1 is 1.00 bits per heavy atom. The summed E-state index contributed by atoms with van der Waals surface area (Å²) >= 11 is 1.79. The molecule has 2 nitrogen and oxygen atoms in total. The van der Waals surface area contributed by atoms with Gasteiger partial charge in [0.2, 0.25) is 0 Å². The molecule has 1 unspecified atom stereocenters. The molecule has 102 valence electrons. The Kier molecular flexibility index (Phi) is 4.07. The molecule has 0 aliphatic rings. The van der Waals surface area contributed by atoms with Crippen molar-refractivity contribution in [2.75, 3.05) is 7.05 Å². The van der Waals surface area contributed by atoms with E-state index >= 15 is 0 Å². The van der Waals surface area contributed by atoms with Crippen molar-refractivity contribution in [1.29, 1.82) is 0 Å². The average molecular weight is 274 g/mol. The second-order valence-corrected chi connectivity index (χ2v) is 6.43. The van der Waals surface area contributed by atoms with Crippen molar-refractivity contribution in [2.24, 2.45) is 0 Å². The van der Waals surface area contributed by atoms with Gasteiger partial charge < -0.3 is 5.32 Å². The first kappa shape index (κ1) is 14.2. The standard InChI is InChI=1S/C16H22N2S/c1-9-7-11(3)14(8-10(9)2)15(17-6)16-12(4)18-13(5)19-16/h7-8,15,17H,1-6H3. The van der Waals surface area contributed by atoms with E-state index < -0.39 is 0 Å². The molecule has 0 amide bonds. The van der Waals surface area contributed by atoms with E-state index in [9.17, 15) is 0 Å². The van der Waals surface area contributed by atoms with Crippen molar-refractivity contribution in [3.8, 4) is 0 Å². The van der Waals surface area contributed by atoms with Gasteiger partial charge in [0.25, 0.3) is 0 Å². The molecule has 1 heterocycles. The lowest BCUT2D eigenvalue weighted by Gasteiger charge is -2.20. The number of nitrogens with one attached hydrogen (secondary N) is 1. The number of nitrogens with zero attached hydrogens (tertiary/aromatic N) is 1. The fourth-order valence-electron chi connectivity index (χ4n) is 2.54. The minimum atomic E-state index is 0.241. The summed E-state index contributed by atoms with van der Waals surface area (Å²) in [5, 5.41) is 4.58. The lowest BCUT2D eigenvalue weighted by molar-refractivity contribution is 0.692. The fraction of sp³-hybridized carbons (Fsp3) is 0.438. The van der Waals surface area contributed by atoms with Crippen molar-refractivity contribution in [3.63, 3.8) is 0 Å². The molecule has 2 rings (SSSR count). The molecule has 1 aromatic heterocycles. The second kappa shape index (κ2) is 5.43.